The van der Waals surface area contributed by atoms with Gasteiger partial charge in [-0.15, -0.1) is 0 Å². The highest BCUT2D eigenvalue weighted by Gasteiger charge is 2.23. The first-order chi connectivity index (χ1) is 10.4. The van der Waals surface area contributed by atoms with Gasteiger partial charge in [0.05, 0.1) is 15.7 Å². The summed E-state index contributed by atoms with van der Waals surface area (Å²) in [5.41, 5.74) is 7.41. The lowest BCUT2D eigenvalue weighted by Crippen LogP contribution is -2.32. The Morgan fingerprint density at radius 3 is 2.18 bits per heavy atom. The normalized spacial score (nSPS) is 12.2. The van der Waals surface area contributed by atoms with E-state index in [2.05, 4.69) is 5.32 Å². The summed E-state index contributed by atoms with van der Waals surface area (Å²) in [6.07, 6.45) is 0. The predicted octanol–water partition coefficient (Wildman–Crippen LogP) is 3.82. The average Bonchev–Trinajstić information content (AvgIpc) is 2.45. The van der Waals surface area contributed by atoms with Gasteiger partial charge in [-0.05, 0) is 31.8 Å². The Labute approximate surface area is 139 Å². The molecule has 0 unspecified atom stereocenters. The summed E-state index contributed by atoms with van der Waals surface area (Å²) < 4.78 is 0. The number of amides is 1. The summed E-state index contributed by atoms with van der Waals surface area (Å²) in [7, 11) is 3.69. The molecule has 2 aromatic rings. The molecule has 0 aliphatic rings. The van der Waals surface area contributed by atoms with Crippen LogP contribution in [-0.2, 0) is 4.79 Å². The molecule has 22 heavy (non-hydrogen) atoms. The molecule has 0 aliphatic carbocycles. The zero-order valence-electron chi connectivity index (χ0n) is 12.3. The average molecular weight is 338 g/mol. The van der Waals surface area contributed by atoms with Crippen LogP contribution >= 0.6 is 23.2 Å². The number of anilines is 2. The number of nitrogens with one attached hydrogen (secondary N) is 1. The highest BCUT2D eigenvalue weighted by Crippen LogP contribution is 2.31. The first kappa shape index (κ1) is 16.6. The molecule has 0 radical (unpaired) electrons. The van der Waals surface area contributed by atoms with Gasteiger partial charge in [0.15, 0.2) is 0 Å². The van der Waals surface area contributed by atoms with Gasteiger partial charge in [0, 0.05) is 5.69 Å². The van der Waals surface area contributed by atoms with Crippen molar-refractivity contribution in [3.63, 3.8) is 0 Å². The number of rotatable bonds is 4. The van der Waals surface area contributed by atoms with Gasteiger partial charge in [0.25, 0.3) is 0 Å². The summed E-state index contributed by atoms with van der Waals surface area (Å²) in [6.45, 7) is 0. The van der Waals surface area contributed by atoms with Gasteiger partial charge in [-0.3, -0.25) is 9.69 Å². The van der Waals surface area contributed by atoms with Crippen LogP contribution in [0.3, 0.4) is 0 Å². The minimum atomic E-state index is -0.420. The van der Waals surface area contributed by atoms with Gasteiger partial charge in [0.1, 0.15) is 6.04 Å². The predicted molar refractivity (Wildman–Crippen MR) is 92.4 cm³/mol. The fraction of sp³-hybridized carbons (Fsp3) is 0.188. The van der Waals surface area contributed by atoms with Gasteiger partial charge < -0.3 is 11.1 Å². The summed E-state index contributed by atoms with van der Waals surface area (Å²) in [4.78, 5) is 14.4. The van der Waals surface area contributed by atoms with Crippen molar-refractivity contribution in [2.24, 2.45) is 0 Å². The highest BCUT2D eigenvalue weighted by atomic mass is 35.5. The maximum atomic E-state index is 12.6. The number of hydrogen-bond acceptors (Lipinski definition) is 3. The number of hydrogen-bond donors (Lipinski definition) is 2. The van der Waals surface area contributed by atoms with Crippen LogP contribution in [0.15, 0.2) is 42.5 Å². The van der Waals surface area contributed by atoms with E-state index in [4.69, 9.17) is 28.9 Å². The van der Waals surface area contributed by atoms with Crippen LogP contribution < -0.4 is 11.1 Å². The molecule has 0 saturated heterocycles. The molecular weight excluding hydrogens is 321 g/mol. The Kier molecular flexibility index (Phi) is 5.29. The van der Waals surface area contributed by atoms with Crippen molar-refractivity contribution in [2.45, 2.75) is 6.04 Å². The largest absolute Gasteiger partial charge is 0.396 e. The van der Waals surface area contributed by atoms with E-state index < -0.39 is 6.04 Å². The smallest absolute Gasteiger partial charge is 0.246 e. The summed E-state index contributed by atoms with van der Waals surface area (Å²) >= 11 is 12.0. The first-order valence-corrected chi connectivity index (χ1v) is 7.42. The second-order valence-corrected chi connectivity index (χ2v) is 5.93. The molecule has 0 aromatic heterocycles. The van der Waals surface area contributed by atoms with Crippen molar-refractivity contribution in [1.82, 2.24) is 4.90 Å². The van der Waals surface area contributed by atoms with Crippen LogP contribution in [0.1, 0.15) is 11.6 Å². The molecular formula is C16H17Cl2N3O. The maximum absolute atomic E-state index is 12.6. The van der Waals surface area contributed by atoms with Crippen molar-refractivity contribution in [2.75, 3.05) is 25.1 Å². The number of nitrogens with two attached hydrogens (primary N) is 1. The van der Waals surface area contributed by atoms with E-state index in [0.717, 1.165) is 5.56 Å². The number of nitrogens with zero attached hydrogens (tertiary/aromatic N) is 1. The molecule has 2 rings (SSSR count). The van der Waals surface area contributed by atoms with Crippen molar-refractivity contribution < 1.29 is 4.79 Å². The molecule has 1 amide bonds. The molecule has 0 fully saturated rings. The van der Waals surface area contributed by atoms with Gasteiger partial charge in [-0.25, -0.2) is 0 Å². The fourth-order valence-electron chi connectivity index (χ4n) is 2.19. The maximum Gasteiger partial charge on any atom is 0.246 e. The van der Waals surface area contributed by atoms with E-state index in [1.54, 1.807) is 12.1 Å². The lowest BCUT2D eigenvalue weighted by Gasteiger charge is -2.24. The molecule has 4 nitrogen and oxygen atoms in total. The van der Waals surface area contributed by atoms with Gasteiger partial charge in [0.2, 0.25) is 5.91 Å². The minimum Gasteiger partial charge on any atom is -0.396 e. The first-order valence-electron chi connectivity index (χ1n) is 6.67. The van der Waals surface area contributed by atoms with Crippen molar-refractivity contribution in [3.8, 4) is 0 Å². The van der Waals surface area contributed by atoms with Crippen LogP contribution in [-0.4, -0.2) is 24.9 Å². The van der Waals surface area contributed by atoms with E-state index in [-0.39, 0.29) is 5.91 Å². The molecule has 0 aliphatic heterocycles. The Morgan fingerprint density at radius 1 is 1.14 bits per heavy atom. The van der Waals surface area contributed by atoms with Crippen LogP contribution in [0.25, 0.3) is 0 Å². The topological polar surface area (TPSA) is 58.4 Å². The number of carbonyl (C=O) groups is 1. The number of carbonyl (C=O) groups excluding carboxylic acids is 1. The van der Waals surface area contributed by atoms with E-state index in [1.807, 2.05) is 49.3 Å². The highest BCUT2D eigenvalue weighted by molar-refractivity contribution is 6.39. The van der Waals surface area contributed by atoms with Gasteiger partial charge in [-0.2, -0.15) is 0 Å². The van der Waals surface area contributed by atoms with E-state index in [0.29, 0.717) is 21.4 Å². The zero-order valence-corrected chi connectivity index (χ0v) is 13.8. The van der Waals surface area contributed by atoms with Crippen molar-refractivity contribution in [3.05, 3.63) is 58.1 Å². The van der Waals surface area contributed by atoms with Crippen LogP contribution in [0, 0.1) is 0 Å². The lowest BCUT2D eigenvalue weighted by molar-refractivity contribution is -0.120. The third kappa shape index (κ3) is 3.71. The van der Waals surface area contributed by atoms with E-state index in [1.165, 1.54) is 0 Å². The quantitative estimate of drug-likeness (QED) is 0.834. The summed E-state index contributed by atoms with van der Waals surface area (Å²) in [5.74, 6) is -0.173. The molecule has 2 aromatic carbocycles. The van der Waals surface area contributed by atoms with Crippen molar-refractivity contribution in [1.29, 1.82) is 0 Å². The number of likely N-dealkylation sites (N-methyl/N-ethyl adjacent to an activating group) is 1. The van der Waals surface area contributed by atoms with Gasteiger partial charge >= 0.3 is 0 Å². The minimum absolute atomic E-state index is 0.173. The molecule has 6 heteroatoms. The van der Waals surface area contributed by atoms with Crippen LogP contribution in [0.2, 0.25) is 10.0 Å². The zero-order chi connectivity index (χ0) is 16.3. The second-order valence-electron chi connectivity index (χ2n) is 5.12. The molecule has 3 N–H and O–H groups in total. The summed E-state index contributed by atoms with van der Waals surface area (Å²) in [6, 6.07) is 12.3. The Morgan fingerprint density at radius 2 is 1.68 bits per heavy atom. The van der Waals surface area contributed by atoms with E-state index >= 15 is 0 Å². The number of nitrogen functional groups attached to an aromatic ring is 1. The van der Waals surface area contributed by atoms with E-state index in [9.17, 15) is 4.79 Å². The Balaban J connectivity index is 2.26. The van der Waals surface area contributed by atoms with Crippen LogP contribution in [0.4, 0.5) is 11.4 Å². The van der Waals surface area contributed by atoms with Crippen LogP contribution in [0.5, 0.6) is 0 Å². The summed E-state index contributed by atoms with van der Waals surface area (Å²) in [5, 5.41) is 3.44. The third-order valence-electron chi connectivity index (χ3n) is 3.23. The number of halogens is 2. The molecule has 0 saturated carbocycles. The monoisotopic (exact) mass is 337 g/mol. The fourth-order valence-corrected chi connectivity index (χ4v) is 2.67. The Hall–Kier alpha value is -1.75. The lowest BCUT2D eigenvalue weighted by atomic mass is 10.1. The van der Waals surface area contributed by atoms with Gasteiger partial charge in [-0.1, -0.05) is 53.5 Å². The molecule has 0 heterocycles. The molecule has 116 valence electrons. The van der Waals surface area contributed by atoms with Crippen molar-refractivity contribution >= 4 is 40.5 Å². The molecule has 0 spiro atoms. The molecule has 1 atom stereocenters. The second kappa shape index (κ2) is 7.01. The Bertz CT molecular complexity index is 651. The third-order valence-corrected chi connectivity index (χ3v) is 3.85. The standard InChI is InChI=1S/C16H17Cl2N3O/c1-21(2)15(10-6-4-3-5-7-10)16(22)20-11-8-12(17)14(19)13(18)9-11/h3-9,15H,19H2,1-2H3,(H,20,22)/t15-/m0/s1. The molecule has 0 bridgehead atoms. The SMILES string of the molecule is CN(C)[C@H](C(=O)Nc1cc(Cl)c(N)c(Cl)c1)c1ccccc1. The number of benzene rings is 2.